The number of pyridine rings is 1. The van der Waals surface area contributed by atoms with Crippen molar-refractivity contribution in [3.05, 3.63) is 59.4 Å². The second-order valence-electron chi connectivity index (χ2n) is 3.55. The van der Waals surface area contributed by atoms with Crippen LogP contribution in [0.4, 0.5) is 5.69 Å². The molecule has 94 valence electrons. The quantitative estimate of drug-likeness (QED) is 0.682. The molecule has 0 atom stereocenters. The number of nitrogens with one attached hydrogen (secondary N) is 1. The summed E-state index contributed by atoms with van der Waals surface area (Å²) < 4.78 is 0. The van der Waals surface area contributed by atoms with E-state index in [4.69, 9.17) is 11.6 Å². The Kier molecular flexibility index (Phi) is 5.62. The lowest BCUT2D eigenvalue weighted by Crippen LogP contribution is -1.99. The van der Waals surface area contributed by atoms with Crippen LogP contribution < -0.4 is 5.43 Å². The van der Waals surface area contributed by atoms with Crippen molar-refractivity contribution < 1.29 is 0 Å². The molecule has 0 aliphatic rings. The minimum atomic E-state index is 0. The molecule has 0 spiro atoms. The molecule has 5 heteroatoms. The zero-order valence-electron chi connectivity index (χ0n) is 9.80. The standard InChI is InChI=1S/C13H12ClN3.ClH/c1-10(11-6-8-15-9-7-11)16-17-13-4-2-12(14)3-5-13;/h2-9,17H,1H3;1H/b16-10+;. The van der Waals surface area contributed by atoms with E-state index in [0.29, 0.717) is 5.02 Å². The van der Waals surface area contributed by atoms with Gasteiger partial charge in [-0.05, 0) is 43.3 Å². The van der Waals surface area contributed by atoms with E-state index in [1.807, 2.05) is 43.3 Å². The van der Waals surface area contributed by atoms with Gasteiger partial charge < -0.3 is 0 Å². The number of hydrazone groups is 1. The molecule has 0 saturated carbocycles. The van der Waals surface area contributed by atoms with Crippen molar-refractivity contribution in [2.75, 3.05) is 5.43 Å². The monoisotopic (exact) mass is 281 g/mol. The van der Waals surface area contributed by atoms with E-state index in [2.05, 4.69) is 15.5 Å². The summed E-state index contributed by atoms with van der Waals surface area (Å²) in [5, 5.41) is 5.00. The number of hydrogen-bond donors (Lipinski definition) is 1. The second kappa shape index (κ2) is 6.99. The van der Waals surface area contributed by atoms with Crippen LogP contribution in [0.1, 0.15) is 12.5 Å². The van der Waals surface area contributed by atoms with Crippen molar-refractivity contribution in [3.8, 4) is 0 Å². The first-order chi connectivity index (χ1) is 8.25. The summed E-state index contributed by atoms with van der Waals surface area (Å²) in [5.74, 6) is 0. The SMILES string of the molecule is C/C(=N\Nc1ccc(Cl)cc1)c1ccncc1.Cl. The molecule has 0 fully saturated rings. The minimum Gasteiger partial charge on any atom is -0.278 e. The molecular formula is C13H13Cl2N3. The average Bonchev–Trinajstić information content (AvgIpc) is 2.39. The van der Waals surface area contributed by atoms with E-state index >= 15 is 0 Å². The summed E-state index contributed by atoms with van der Waals surface area (Å²) >= 11 is 5.80. The topological polar surface area (TPSA) is 37.3 Å². The van der Waals surface area contributed by atoms with Gasteiger partial charge in [-0.15, -0.1) is 12.4 Å². The van der Waals surface area contributed by atoms with Gasteiger partial charge in [-0.1, -0.05) is 11.6 Å². The summed E-state index contributed by atoms with van der Waals surface area (Å²) in [6, 6.07) is 11.2. The van der Waals surface area contributed by atoms with Gasteiger partial charge >= 0.3 is 0 Å². The van der Waals surface area contributed by atoms with E-state index in [-0.39, 0.29) is 12.4 Å². The van der Waals surface area contributed by atoms with E-state index < -0.39 is 0 Å². The van der Waals surface area contributed by atoms with Crippen molar-refractivity contribution in [1.82, 2.24) is 4.98 Å². The third-order valence-corrected chi connectivity index (χ3v) is 2.55. The molecule has 0 bridgehead atoms. The van der Waals surface area contributed by atoms with Gasteiger partial charge in [-0.2, -0.15) is 5.10 Å². The normalized spacial score (nSPS) is 10.7. The number of halogens is 2. The van der Waals surface area contributed by atoms with Gasteiger partial charge in [0.15, 0.2) is 0 Å². The van der Waals surface area contributed by atoms with E-state index in [1.54, 1.807) is 12.4 Å². The highest BCUT2D eigenvalue weighted by atomic mass is 35.5. The Morgan fingerprint density at radius 3 is 2.33 bits per heavy atom. The number of aromatic nitrogens is 1. The van der Waals surface area contributed by atoms with Crippen LogP contribution in [-0.4, -0.2) is 10.7 Å². The van der Waals surface area contributed by atoms with E-state index in [0.717, 1.165) is 17.0 Å². The number of rotatable bonds is 3. The Bertz CT molecular complexity index is 510. The van der Waals surface area contributed by atoms with Crippen molar-refractivity contribution in [2.45, 2.75) is 6.92 Å². The highest BCUT2D eigenvalue weighted by Crippen LogP contribution is 2.13. The fourth-order valence-corrected chi connectivity index (χ4v) is 1.46. The molecule has 0 aliphatic heterocycles. The summed E-state index contributed by atoms with van der Waals surface area (Å²) in [5.41, 5.74) is 5.83. The van der Waals surface area contributed by atoms with Crippen LogP contribution in [0.2, 0.25) is 5.02 Å². The highest BCUT2D eigenvalue weighted by molar-refractivity contribution is 6.30. The molecule has 0 saturated heterocycles. The third kappa shape index (κ3) is 4.02. The molecule has 0 amide bonds. The molecule has 0 radical (unpaired) electrons. The molecule has 0 aliphatic carbocycles. The van der Waals surface area contributed by atoms with Crippen LogP contribution in [0.25, 0.3) is 0 Å². The molecule has 18 heavy (non-hydrogen) atoms. The molecule has 0 unspecified atom stereocenters. The zero-order chi connectivity index (χ0) is 12.1. The minimum absolute atomic E-state index is 0. The highest BCUT2D eigenvalue weighted by Gasteiger charge is 1.96. The fourth-order valence-electron chi connectivity index (χ4n) is 1.33. The van der Waals surface area contributed by atoms with Crippen LogP contribution in [0.5, 0.6) is 0 Å². The number of anilines is 1. The molecule has 1 aromatic carbocycles. The van der Waals surface area contributed by atoms with Crippen LogP contribution in [0.3, 0.4) is 0 Å². The Labute approximate surface area is 117 Å². The largest absolute Gasteiger partial charge is 0.278 e. The maximum atomic E-state index is 5.80. The molecule has 2 aromatic rings. The van der Waals surface area contributed by atoms with Crippen LogP contribution in [0, 0.1) is 0 Å². The molecule has 1 aromatic heterocycles. The van der Waals surface area contributed by atoms with Gasteiger partial charge in [0.1, 0.15) is 0 Å². The Morgan fingerprint density at radius 2 is 1.72 bits per heavy atom. The first-order valence-corrected chi connectivity index (χ1v) is 5.60. The van der Waals surface area contributed by atoms with Crippen LogP contribution in [-0.2, 0) is 0 Å². The average molecular weight is 282 g/mol. The van der Waals surface area contributed by atoms with E-state index in [1.165, 1.54) is 0 Å². The predicted molar refractivity (Wildman–Crippen MR) is 78.8 cm³/mol. The van der Waals surface area contributed by atoms with Gasteiger partial charge in [0.05, 0.1) is 11.4 Å². The molecule has 1 heterocycles. The summed E-state index contributed by atoms with van der Waals surface area (Å²) in [7, 11) is 0. The third-order valence-electron chi connectivity index (χ3n) is 2.30. The second-order valence-corrected chi connectivity index (χ2v) is 3.99. The first-order valence-electron chi connectivity index (χ1n) is 5.22. The lowest BCUT2D eigenvalue weighted by atomic mass is 10.2. The van der Waals surface area contributed by atoms with Crippen molar-refractivity contribution in [2.24, 2.45) is 5.10 Å². The van der Waals surface area contributed by atoms with Crippen molar-refractivity contribution >= 4 is 35.4 Å². The molecule has 3 nitrogen and oxygen atoms in total. The first kappa shape index (κ1) is 14.5. The van der Waals surface area contributed by atoms with Crippen molar-refractivity contribution in [1.29, 1.82) is 0 Å². The predicted octanol–water partition coefficient (Wildman–Crippen LogP) is 3.99. The molecule has 2 rings (SSSR count). The Hall–Kier alpha value is -1.58. The van der Waals surface area contributed by atoms with Crippen LogP contribution >= 0.6 is 24.0 Å². The van der Waals surface area contributed by atoms with Gasteiger partial charge in [-0.3, -0.25) is 10.4 Å². The molecule has 1 N–H and O–H groups in total. The van der Waals surface area contributed by atoms with Gasteiger partial charge in [0, 0.05) is 23.0 Å². The smallest absolute Gasteiger partial charge is 0.0649 e. The maximum absolute atomic E-state index is 5.80. The van der Waals surface area contributed by atoms with Gasteiger partial charge in [-0.25, -0.2) is 0 Å². The Balaban J connectivity index is 0.00000162. The molecular weight excluding hydrogens is 269 g/mol. The Morgan fingerprint density at radius 1 is 1.11 bits per heavy atom. The van der Waals surface area contributed by atoms with Crippen LogP contribution in [0.15, 0.2) is 53.9 Å². The number of nitrogens with zero attached hydrogens (tertiary/aromatic N) is 2. The summed E-state index contributed by atoms with van der Waals surface area (Å²) in [4.78, 5) is 3.97. The maximum Gasteiger partial charge on any atom is 0.0649 e. The van der Waals surface area contributed by atoms with Gasteiger partial charge in [0.25, 0.3) is 0 Å². The van der Waals surface area contributed by atoms with E-state index in [9.17, 15) is 0 Å². The lowest BCUT2D eigenvalue weighted by Gasteiger charge is -2.03. The number of benzene rings is 1. The summed E-state index contributed by atoms with van der Waals surface area (Å²) in [6.07, 6.45) is 3.49. The van der Waals surface area contributed by atoms with Crippen molar-refractivity contribution in [3.63, 3.8) is 0 Å². The summed E-state index contributed by atoms with van der Waals surface area (Å²) in [6.45, 7) is 1.94. The lowest BCUT2D eigenvalue weighted by molar-refractivity contribution is 1.29. The zero-order valence-corrected chi connectivity index (χ0v) is 11.4. The fraction of sp³-hybridized carbons (Fsp3) is 0.0769. The van der Waals surface area contributed by atoms with Gasteiger partial charge in [0.2, 0.25) is 0 Å². The number of hydrogen-bond acceptors (Lipinski definition) is 3.